The lowest BCUT2D eigenvalue weighted by Crippen LogP contribution is -2.34. The molecule has 4 unspecified atom stereocenters. The van der Waals surface area contributed by atoms with E-state index in [1.165, 1.54) is 0 Å². The normalized spacial score (nSPS) is 20.6. The number of nitrogens with one attached hydrogen (secondary N) is 3. The van der Waals surface area contributed by atoms with Crippen LogP contribution in [0.4, 0.5) is 0 Å². The van der Waals surface area contributed by atoms with Crippen molar-refractivity contribution in [2.24, 2.45) is 0 Å². The van der Waals surface area contributed by atoms with Crippen molar-refractivity contribution < 1.29 is 14.2 Å². The Kier molecular flexibility index (Phi) is 9.73. The number of fused-ring (bicyclic) bond motifs is 3. The average molecular weight is 547 g/mol. The standard InChI is InChI=1S/C25H33BClN4O3PS/c1-3-36(34)18-6-4-5-16(11-18)20-13-19(25(32)29-10-9-28-8-7-26-35-33)15(2)23-22(20)21-12-17(27)14-30-24(21)31-23/h4-5,11-12,14,18,20,26,28,33,35H,3,6-10,13H2,1-2H3,(H,29,32)(H,30,31). The summed E-state index contributed by atoms with van der Waals surface area (Å²) < 4.78 is 12.6. The number of hydrogen-bond acceptors (Lipinski definition) is 5. The van der Waals surface area contributed by atoms with Crippen molar-refractivity contribution in [2.75, 3.05) is 25.4 Å². The summed E-state index contributed by atoms with van der Waals surface area (Å²) in [6.07, 6.45) is 10.2. The van der Waals surface area contributed by atoms with Crippen molar-refractivity contribution in [3.63, 3.8) is 0 Å². The summed E-state index contributed by atoms with van der Waals surface area (Å²) in [5, 5.41) is 7.87. The summed E-state index contributed by atoms with van der Waals surface area (Å²) in [5.74, 6) is 0.482. The van der Waals surface area contributed by atoms with Crippen LogP contribution < -0.4 is 10.6 Å². The van der Waals surface area contributed by atoms with Crippen LogP contribution in [-0.2, 0) is 16.0 Å². The molecule has 0 spiro atoms. The third kappa shape index (κ3) is 6.09. The third-order valence-electron chi connectivity index (χ3n) is 6.83. The summed E-state index contributed by atoms with van der Waals surface area (Å²) in [7, 11) is -0.0151. The third-order valence-corrected chi connectivity index (χ3v) is 9.18. The first-order chi connectivity index (χ1) is 17.4. The maximum atomic E-state index is 13.3. The van der Waals surface area contributed by atoms with Crippen LogP contribution in [0, 0.1) is 0 Å². The Morgan fingerprint density at radius 3 is 3.03 bits per heavy atom. The summed E-state index contributed by atoms with van der Waals surface area (Å²) in [6.45, 7) is 6.76. The molecule has 0 bridgehead atoms. The van der Waals surface area contributed by atoms with Gasteiger partial charge >= 0.3 is 0 Å². The molecule has 0 radical (unpaired) electrons. The minimum atomic E-state index is -0.932. The van der Waals surface area contributed by atoms with Gasteiger partial charge in [-0.3, -0.25) is 4.79 Å². The molecular formula is C25H33BClN4O3PS. The Hall–Kier alpha value is -1.61. The van der Waals surface area contributed by atoms with E-state index in [4.69, 9.17) is 16.5 Å². The fraction of sp³-hybridized carbons (Fsp3) is 0.440. The van der Waals surface area contributed by atoms with Crippen LogP contribution in [0.1, 0.15) is 43.9 Å². The van der Waals surface area contributed by atoms with Gasteiger partial charge in [0.15, 0.2) is 7.00 Å². The molecule has 0 saturated heterocycles. The minimum Gasteiger partial charge on any atom is -0.616 e. The van der Waals surface area contributed by atoms with Crippen molar-refractivity contribution in [3.8, 4) is 0 Å². The van der Waals surface area contributed by atoms with Gasteiger partial charge in [-0.15, -0.1) is 0 Å². The van der Waals surface area contributed by atoms with E-state index < -0.39 is 11.2 Å². The van der Waals surface area contributed by atoms with Gasteiger partial charge in [0.05, 0.1) is 5.02 Å². The second-order valence-electron chi connectivity index (χ2n) is 9.10. The van der Waals surface area contributed by atoms with Gasteiger partial charge in [0.2, 0.25) is 5.91 Å². The van der Waals surface area contributed by atoms with E-state index in [1.54, 1.807) is 6.20 Å². The number of H-pyrrole nitrogens is 1. The van der Waals surface area contributed by atoms with Gasteiger partial charge in [0, 0.05) is 48.3 Å². The van der Waals surface area contributed by atoms with E-state index in [0.29, 0.717) is 30.3 Å². The largest absolute Gasteiger partial charge is 0.616 e. The van der Waals surface area contributed by atoms with Crippen LogP contribution in [0.25, 0.3) is 16.6 Å². The molecule has 7 nitrogen and oxygen atoms in total. The van der Waals surface area contributed by atoms with Crippen LogP contribution >= 0.6 is 20.3 Å². The maximum absolute atomic E-state index is 13.3. The van der Waals surface area contributed by atoms with E-state index in [1.807, 2.05) is 19.9 Å². The number of aromatic amines is 1. The van der Waals surface area contributed by atoms with Gasteiger partial charge in [-0.25, -0.2) is 4.98 Å². The minimum absolute atomic E-state index is 0.0151. The highest BCUT2D eigenvalue weighted by Crippen LogP contribution is 2.46. The molecule has 2 aromatic rings. The molecule has 4 N–H and O–H groups in total. The molecule has 36 heavy (non-hydrogen) atoms. The van der Waals surface area contributed by atoms with E-state index in [-0.39, 0.29) is 25.8 Å². The van der Waals surface area contributed by atoms with Gasteiger partial charge in [0.25, 0.3) is 0 Å². The zero-order chi connectivity index (χ0) is 25.7. The van der Waals surface area contributed by atoms with Crippen LogP contribution in [0.3, 0.4) is 0 Å². The summed E-state index contributed by atoms with van der Waals surface area (Å²) in [5.41, 5.74) is 5.51. The van der Waals surface area contributed by atoms with Crippen molar-refractivity contribution >= 4 is 61.0 Å². The van der Waals surface area contributed by atoms with E-state index >= 15 is 0 Å². The molecule has 4 rings (SSSR count). The summed E-state index contributed by atoms with van der Waals surface area (Å²) >= 11 is 5.39. The lowest BCUT2D eigenvalue weighted by atomic mass is 9.76. The molecule has 0 saturated carbocycles. The Morgan fingerprint density at radius 1 is 1.42 bits per heavy atom. The van der Waals surface area contributed by atoms with Crippen molar-refractivity contribution in [1.82, 2.24) is 20.6 Å². The first kappa shape index (κ1) is 27.4. The SMILES string of the molecule is CC[S+]([O-])C1C=C(C2CC(C(=O)NCCNCCBPO)=C(C)c3[nH]c4ncc(Cl)cc4c32)C=CC1. The average Bonchev–Trinajstić information content (AvgIpc) is 3.27. The highest BCUT2D eigenvalue weighted by Gasteiger charge is 2.34. The number of carbonyl (C=O) groups excluding carboxylic acids is 1. The van der Waals surface area contributed by atoms with Crippen molar-refractivity contribution in [1.29, 1.82) is 0 Å². The first-order valence-electron chi connectivity index (χ1n) is 12.4. The smallest absolute Gasteiger partial charge is 0.247 e. The molecule has 2 aromatic heterocycles. The molecule has 192 valence electrons. The molecule has 2 aliphatic rings. The zero-order valence-electron chi connectivity index (χ0n) is 20.7. The fourth-order valence-corrected chi connectivity index (χ4v) is 6.53. The number of nitrogens with zero attached hydrogens (tertiary/aromatic N) is 1. The predicted octanol–water partition coefficient (Wildman–Crippen LogP) is 3.56. The monoisotopic (exact) mass is 546 g/mol. The molecule has 0 aliphatic heterocycles. The van der Waals surface area contributed by atoms with Gasteiger partial charge in [0.1, 0.15) is 16.6 Å². The quantitative estimate of drug-likeness (QED) is 0.149. The van der Waals surface area contributed by atoms with Gasteiger partial charge in [-0.05, 0) is 75.5 Å². The number of pyridine rings is 1. The van der Waals surface area contributed by atoms with Crippen molar-refractivity contribution in [3.05, 3.63) is 57.9 Å². The highest BCUT2D eigenvalue weighted by atomic mass is 35.5. The van der Waals surface area contributed by atoms with Crippen molar-refractivity contribution in [2.45, 2.75) is 44.2 Å². The number of carbonyl (C=O) groups is 1. The fourth-order valence-electron chi connectivity index (χ4n) is 4.97. The lowest BCUT2D eigenvalue weighted by molar-refractivity contribution is -0.117. The highest BCUT2D eigenvalue weighted by molar-refractivity contribution is 7.92. The second-order valence-corrected chi connectivity index (χ2v) is 12.3. The molecule has 0 aromatic carbocycles. The number of hydrogen-bond donors (Lipinski definition) is 4. The zero-order valence-corrected chi connectivity index (χ0v) is 23.3. The molecule has 1 amide bonds. The molecule has 2 heterocycles. The van der Waals surface area contributed by atoms with Crippen LogP contribution in [0.15, 0.2) is 41.6 Å². The maximum Gasteiger partial charge on any atom is 0.247 e. The molecular weight excluding hydrogens is 514 g/mol. The Bertz CT molecular complexity index is 1200. The van der Waals surface area contributed by atoms with E-state index in [9.17, 15) is 9.35 Å². The summed E-state index contributed by atoms with van der Waals surface area (Å²) in [4.78, 5) is 30.2. The summed E-state index contributed by atoms with van der Waals surface area (Å²) in [6, 6.07) is 1.93. The molecule has 4 atom stereocenters. The number of amides is 1. The second kappa shape index (κ2) is 12.8. The lowest BCUT2D eigenvalue weighted by Gasteiger charge is -2.30. The first-order valence-corrected chi connectivity index (χ1v) is 15.3. The Balaban J connectivity index is 1.63. The molecule has 11 heteroatoms. The van der Waals surface area contributed by atoms with Gasteiger partial charge < -0.3 is 25.1 Å². The Morgan fingerprint density at radius 2 is 2.25 bits per heavy atom. The van der Waals surface area contributed by atoms with Crippen LogP contribution in [0.2, 0.25) is 11.3 Å². The van der Waals surface area contributed by atoms with Gasteiger partial charge in [-0.2, -0.15) is 0 Å². The number of aromatic nitrogens is 2. The Labute approximate surface area is 222 Å². The van der Waals surface area contributed by atoms with E-state index in [0.717, 1.165) is 65.3 Å². The number of rotatable bonds is 11. The van der Waals surface area contributed by atoms with Crippen LogP contribution in [0.5, 0.6) is 0 Å². The van der Waals surface area contributed by atoms with E-state index in [2.05, 4.69) is 38.8 Å². The van der Waals surface area contributed by atoms with Crippen LogP contribution in [-0.4, -0.2) is 63.0 Å². The number of halogens is 1. The molecule has 0 fully saturated rings. The predicted molar refractivity (Wildman–Crippen MR) is 154 cm³/mol. The topological polar surface area (TPSA) is 113 Å². The molecule has 2 aliphatic carbocycles. The number of allylic oxidation sites excluding steroid dienone is 4. The van der Waals surface area contributed by atoms with Gasteiger partial charge in [-0.1, -0.05) is 30.1 Å².